The molecule has 1 saturated heterocycles. The van der Waals surface area contributed by atoms with E-state index in [1.165, 1.54) is 40.9 Å². The molecule has 1 aromatic heterocycles. The van der Waals surface area contributed by atoms with Gasteiger partial charge in [0.1, 0.15) is 5.82 Å². The van der Waals surface area contributed by atoms with Crippen molar-refractivity contribution in [3.8, 4) is 0 Å². The number of likely N-dealkylation sites (N-methyl/N-ethyl adjacent to an activating group) is 1. The Morgan fingerprint density at radius 3 is 2.64 bits per heavy atom. The van der Waals surface area contributed by atoms with E-state index in [0.29, 0.717) is 23.7 Å². The number of rotatable bonds is 4. The van der Waals surface area contributed by atoms with Crippen LogP contribution in [0.1, 0.15) is 25.8 Å². The van der Waals surface area contributed by atoms with Gasteiger partial charge in [-0.3, -0.25) is 0 Å². The Kier molecular flexibility index (Phi) is 5.63. The number of alkyl halides is 3. The number of piperidine rings is 1. The van der Waals surface area contributed by atoms with Crippen LogP contribution in [0.25, 0.3) is 0 Å². The van der Waals surface area contributed by atoms with Crippen LogP contribution in [0.3, 0.4) is 0 Å². The summed E-state index contributed by atoms with van der Waals surface area (Å²) in [5.41, 5.74) is 0.0190. The quantitative estimate of drug-likeness (QED) is 0.540. The molecule has 1 aromatic rings. The van der Waals surface area contributed by atoms with Crippen molar-refractivity contribution in [1.29, 1.82) is 0 Å². The van der Waals surface area contributed by atoms with E-state index in [4.69, 9.17) is 0 Å². The number of anilines is 1. The fourth-order valence-electron chi connectivity index (χ4n) is 3.25. The van der Waals surface area contributed by atoms with Gasteiger partial charge in [0.05, 0.1) is 0 Å². The normalized spacial score (nSPS) is 23.4. The zero-order valence-electron chi connectivity index (χ0n) is 13.6. The number of halogens is 3. The summed E-state index contributed by atoms with van der Waals surface area (Å²) in [6.45, 7) is 6.22. The Morgan fingerprint density at radius 2 is 2.09 bits per heavy atom. The lowest BCUT2D eigenvalue weighted by atomic mass is 9.82. The Morgan fingerprint density at radius 1 is 1.41 bits per heavy atom. The molecule has 0 N–H and O–H groups in total. The largest absolute Gasteiger partial charge is 0.355 e. The van der Waals surface area contributed by atoms with Crippen LogP contribution in [0.15, 0.2) is 18.3 Å². The maximum atomic E-state index is 13.5. The van der Waals surface area contributed by atoms with Gasteiger partial charge in [-0.1, -0.05) is 13.8 Å². The molecular formula is C16H24F2IN3. The van der Waals surface area contributed by atoms with Crippen LogP contribution in [0.4, 0.5) is 14.6 Å². The van der Waals surface area contributed by atoms with E-state index in [-0.39, 0.29) is 5.56 Å². The van der Waals surface area contributed by atoms with Crippen LogP contribution in [0.2, 0.25) is 0 Å². The maximum Gasteiger partial charge on any atom is 0.321 e. The maximum absolute atomic E-state index is 13.5. The molecule has 3 nitrogen and oxygen atoms in total. The standard InChI is InChI=1S/C16H24F2IN3/c1-11(2)13-6-8-22(10-14(13)21(3)4)15-9-12(5-7-20-15)16(17,18)19/h5,7,9,11,13-14H,6,8,10H2,1-4H3/t13-,14+/m1/s1. The molecule has 0 unspecified atom stereocenters. The molecule has 2 atom stereocenters. The van der Waals surface area contributed by atoms with E-state index >= 15 is 0 Å². The van der Waals surface area contributed by atoms with Gasteiger partial charge in [0.2, 0.25) is 0 Å². The van der Waals surface area contributed by atoms with Gasteiger partial charge in [0, 0.05) is 53.5 Å². The zero-order valence-corrected chi connectivity index (χ0v) is 15.7. The molecule has 22 heavy (non-hydrogen) atoms. The third-order valence-corrected chi connectivity index (χ3v) is 5.17. The molecule has 0 aliphatic carbocycles. The van der Waals surface area contributed by atoms with E-state index in [1.807, 2.05) is 0 Å². The van der Waals surface area contributed by atoms with Crippen molar-refractivity contribution in [3.05, 3.63) is 23.9 Å². The predicted molar refractivity (Wildman–Crippen MR) is 94.8 cm³/mol. The van der Waals surface area contributed by atoms with Gasteiger partial charge in [0.25, 0.3) is 0 Å². The van der Waals surface area contributed by atoms with Crippen LogP contribution in [0, 0.1) is 11.8 Å². The van der Waals surface area contributed by atoms with Gasteiger partial charge in [-0.2, -0.15) is 8.78 Å². The lowest BCUT2D eigenvalue weighted by Gasteiger charge is -2.44. The van der Waals surface area contributed by atoms with Gasteiger partial charge >= 0.3 is 3.93 Å². The van der Waals surface area contributed by atoms with Crippen LogP contribution in [0.5, 0.6) is 0 Å². The molecule has 0 spiro atoms. The molecular weight excluding hydrogens is 399 g/mol. The van der Waals surface area contributed by atoms with E-state index in [9.17, 15) is 8.78 Å². The lowest BCUT2D eigenvalue weighted by molar-refractivity contribution is 0.127. The first-order valence-corrected chi connectivity index (χ1v) is 8.72. The molecule has 0 amide bonds. The molecule has 0 saturated carbocycles. The highest BCUT2D eigenvalue weighted by Gasteiger charge is 2.34. The molecule has 0 radical (unpaired) electrons. The minimum absolute atomic E-state index is 0.0190. The van der Waals surface area contributed by atoms with Gasteiger partial charge < -0.3 is 9.80 Å². The second-order valence-corrected chi connectivity index (χ2v) is 7.93. The number of hydrogen-bond acceptors (Lipinski definition) is 3. The monoisotopic (exact) mass is 423 g/mol. The summed E-state index contributed by atoms with van der Waals surface area (Å²) in [6, 6.07) is 3.33. The first-order valence-electron chi connectivity index (χ1n) is 7.64. The van der Waals surface area contributed by atoms with Crippen molar-refractivity contribution < 1.29 is 8.78 Å². The first kappa shape index (κ1) is 17.8. The average Bonchev–Trinajstić information content (AvgIpc) is 2.45. The van der Waals surface area contributed by atoms with Crippen molar-refractivity contribution in [3.63, 3.8) is 0 Å². The van der Waals surface area contributed by atoms with Crippen LogP contribution in [-0.4, -0.2) is 43.1 Å². The molecule has 6 heteroatoms. The number of hydrogen-bond donors (Lipinski definition) is 0. The zero-order chi connectivity index (χ0) is 16.5. The average molecular weight is 423 g/mol. The summed E-state index contributed by atoms with van der Waals surface area (Å²) in [5, 5.41) is 0. The summed E-state index contributed by atoms with van der Waals surface area (Å²) in [4.78, 5) is 8.69. The van der Waals surface area contributed by atoms with Gasteiger partial charge in [-0.25, -0.2) is 4.98 Å². The summed E-state index contributed by atoms with van der Waals surface area (Å²) in [6.07, 6.45) is 2.55. The minimum atomic E-state index is -2.85. The van der Waals surface area contributed by atoms with E-state index in [2.05, 4.69) is 42.7 Å². The van der Waals surface area contributed by atoms with Gasteiger partial charge in [-0.15, -0.1) is 0 Å². The SMILES string of the molecule is CC(C)[C@H]1CCN(c2cc(C(F)(F)I)ccn2)C[C@@H]1N(C)C. The van der Waals surface area contributed by atoms with Crippen LogP contribution in [-0.2, 0) is 3.93 Å². The third-order valence-electron chi connectivity index (χ3n) is 4.55. The van der Waals surface area contributed by atoms with Crippen molar-refractivity contribution in [1.82, 2.24) is 9.88 Å². The molecule has 1 aliphatic heterocycles. The van der Waals surface area contributed by atoms with Crippen molar-refractivity contribution in [2.75, 3.05) is 32.1 Å². The molecule has 0 aromatic carbocycles. The summed E-state index contributed by atoms with van der Waals surface area (Å²) >= 11 is 1.17. The van der Waals surface area contributed by atoms with Crippen molar-refractivity contribution in [2.45, 2.75) is 30.2 Å². The highest BCUT2D eigenvalue weighted by Crippen LogP contribution is 2.37. The summed E-state index contributed by atoms with van der Waals surface area (Å²) < 4.78 is 24.2. The molecule has 1 aliphatic rings. The molecule has 0 bridgehead atoms. The second kappa shape index (κ2) is 6.95. The van der Waals surface area contributed by atoms with E-state index in [0.717, 1.165) is 19.5 Å². The smallest absolute Gasteiger partial charge is 0.321 e. The van der Waals surface area contributed by atoms with Crippen molar-refractivity contribution in [2.24, 2.45) is 11.8 Å². The molecule has 2 rings (SSSR count). The highest BCUT2D eigenvalue weighted by atomic mass is 127. The Bertz CT molecular complexity index is 502. The van der Waals surface area contributed by atoms with Crippen molar-refractivity contribution >= 4 is 28.4 Å². The van der Waals surface area contributed by atoms with E-state index in [1.54, 1.807) is 0 Å². The summed E-state index contributed by atoms with van der Waals surface area (Å²) in [5.74, 6) is 1.90. The summed E-state index contributed by atoms with van der Waals surface area (Å²) in [7, 11) is 4.18. The highest BCUT2D eigenvalue weighted by molar-refractivity contribution is 14.1. The third kappa shape index (κ3) is 4.07. The topological polar surface area (TPSA) is 19.4 Å². The van der Waals surface area contributed by atoms with E-state index < -0.39 is 3.93 Å². The first-order chi connectivity index (χ1) is 10.2. The molecule has 2 heterocycles. The van der Waals surface area contributed by atoms with Gasteiger partial charge in [-0.05, 0) is 44.5 Å². The minimum Gasteiger partial charge on any atom is -0.355 e. The Labute approximate surface area is 145 Å². The predicted octanol–water partition coefficient (Wildman–Crippen LogP) is 3.98. The molecule has 124 valence electrons. The molecule has 1 fully saturated rings. The fraction of sp³-hybridized carbons (Fsp3) is 0.688. The Balaban J connectivity index is 2.21. The second-order valence-electron chi connectivity index (χ2n) is 6.57. The number of aromatic nitrogens is 1. The number of pyridine rings is 1. The van der Waals surface area contributed by atoms with Crippen LogP contribution < -0.4 is 4.90 Å². The fourth-order valence-corrected chi connectivity index (χ4v) is 3.58. The number of nitrogens with zero attached hydrogens (tertiary/aromatic N) is 3. The van der Waals surface area contributed by atoms with Gasteiger partial charge in [0.15, 0.2) is 0 Å². The lowest BCUT2D eigenvalue weighted by Crippen LogP contribution is -2.52. The van der Waals surface area contributed by atoms with Crippen LogP contribution >= 0.6 is 22.6 Å². The Hall–Kier alpha value is -0.500.